The Balaban J connectivity index is 1.41. The van der Waals surface area contributed by atoms with E-state index in [4.69, 9.17) is 9.26 Å². The van der Waals surface area contributed by atoms with E-state index < -0.39 is 0 Å². The van der Waals surface area contributed by atoms with E-state index in [-0.39, 0.29) is 29.5 Å². The molecule has 0 bridgehead atoms. The molecule has 5 nitrogen and oxygen atoms in total. The largest absolute Gasteiger partial charge is 0.469 e. The molecular formula is C31H41NO4. The summed E-state index contributed by atoms with van der Waals surface area (Å²) in [6, 6.07) is 6.27. The maximum atomic E-state index is 13.7. The number of ketones is 1. The first-order chi connectivity index (χ1) is 17.2. The van der Waals surface area contributed by atoms with E-state index in [1.807, 2.05) is 0 Å². The number of methoxy groups -OCH3 is 1. The van der Waals surface area contributed by atoms with Crippen molar-refractivity contribution in [2.75, 3.05) is 7.11 Å². The Morgan fingerprint density at radius 3 is 2.47 bits per heavy atom. The average Bonchev–Trinajstić information content (AvgIpc) is 3.40. The number of Topliss-reactive ketones (excluding diaryl/α,β-unsaturated/α-hetero) is 1. The molecule has 0 spiro atoms. The van der Waals surface area contributed by atoms with Crippen molar-refractivity contribution in [2.24, 2.45) is 23.7 Å². The lowest BCUT2D eigenvalue weighted by atomic mass is 9.69. The minimum atomic E-state index is -0.264. The summed E-state index contributed by atoms with van der Waals surface area (Å²) in [5.74, 6) is 2.94. The average molecular weight is 492 g/mol. The van der Waals surface area contributed by atoms with E-state index >= 15 is 0 Å². The van der Waals surface area contributed by atoms with Gasteiger partial charge in [0.2, 0.25) is 0 Å². The molecule has 0 saturated heterocycles. The molecule has 0 radical (unpaired) electrons. The summed E-state index contributed by atoms with van der Waals surface area (Å²) >= 11 is 0. The SMILES string of the molecule is COC(=O)[C@H]1C[C@H](C(=O)Cc2ccc(C)cc2C)[C@@H](c2noc(C3CC(CC(C)C)C3)c2C2CC2)C1. The molecule has 3 saturated carbocycles. The van der Waals surface area contributed by atoms with Crippen LogP contribution in [0.25, 0.3) is 0 Å². The molecule has 2 aromatic rings. The molecule has 3 fully saturated rings. The van der Waals surface area contributed by atoms with Crippen molar-refractivity contribution in [2.45, 2.75) is 96.8 Å². The van der Waals surface area contributed by atoms with Crippen molar-refractivity contribution in [3.8, 4) is 0 Å². The molecule has 3 atom stereocenters. The molecule has 0 aliphatic heterocycles. The number of aromatic nitrogens is 1. The van der Waals surface area contributed by atoms with Crippen LogP contribution in [0.3, 0.4) is 0 Å². The van der Waals surface area contributed by atoms with Gasteiger partial charge in [-0.25, -0.2) is 0 Å². The second-order valence-electron chi connectivity index (χ2n) is 12.3. The standard InChI is InChI=1S/C31H41NO4/c1-17(2)10-20-12-23(13-20)30-28(21-8-9-21)29(32-36-30)26-15-24(31(34)35-5)14-25(26)27(33)16-22-7-6-18(3)11-19(22)4/h6-7,11,17,20-21,23-26H,8-10,12-16H2,1-5H3/t20?,23?,24-,25-,26-/m0/s1. The highest BCUT2D eigenvalue weighted by Gasteiger charge is 2.48. The highest BCUT2D eigenvalue weighted by molar-refractivity contribution is 5.86. The molecule has 0 unspecified atom stereocenters. The number of benzene rings is 1. The summed E-state index contributed by atoms with van der Waals surface area (Å²) in [5.41, 5.74) is 5.66. The van der Waals surface area contributed by atoms with Gasteiger partial charge in [-0.2, -0.15) is 0 Å². The highest BCUT2D eigenvalue weighted by Crippen LogP contribution is 2.55. The summed E-state index contributed by atoms with van der Waals surface area (Å²) in [4.78, 5) is 26.3. The van der Waals surface area contributed by atoms with Crippen LogP contribution in [0.4, 0.5) is 0 Å². The maximum Gasteiger partial charge on any atom is 0.308 e. The molecule has 5 rings (SSSR count). The number of carbonyl (C=O) groups excluding carboxylic acids is 2. The van der Waals surface area contributed by atoms with Gasteiger partial charge in [0.05, 0.1) is 18.7 Å². The Labute approximate surface area is 215 Å². The Morgan fingerprint density at radius 2 is 1.83 bits per heavy atom. The number of carbonyl (C=O) groups is 2. The summed E-state index contributed by atoms with van der Waals surface area (Å²) in [6.45, 7) is 8.73. The van der Waals surface area contributed by atoms with Crippen LogP contribution >= 0.6 is 0 Å². The van der Waals surface area contributed by atoms with Crippen molar-refractivity contribution in [1.82, 2.24) is 5.16 Å². The van der Waals surface area contributed by atoms with Crippen LogP contribution in [-0.4, -0.2) is 24.0 Å². The Morgan fingerprint density at radius 1 is 1.08 bits per heavy atom. The number of esters is 1. The summed E-state index contributed by atoms with van der Waals surface area (Å²) in [6.07, 6.45) is 7.50. The molecule has 36 heavy (non-hydrogen) atoms. The summed E-state index contributed by atoms with van der Waals surface area (Å²) in [5, 5.41) is 4.66. The number of aryl methyl sites for hydroxylation is 2. The number of nitrogens with zero attached hydrogens (tertiary/aromatic N) is 1. The van der Waals surface area contributed by atoms with Gasteiger partial charge in [0, 0.05) is 29.7 Å². The lowest BCUT2D eigenvalue weighted by Crippen LogP contribution is -2.24. The van der Waals surface area contributed by atoms with E-state index in [1.165, 1.54) is 37.5 Å². The fourth-order valence-corrected chi connectivity index (χ4v) is 6.89. The van der Waals surface area contributed by atoms with E-state index in [0.717, 1.165) is 47.3 Å². The zero-order valence-corrected chi connectivity index (χ0v) is 22.5. The second kappa shape index (κ2) is 10.1. The molecule has 1 heterocycles. The van der Waals surface area contributed by atoms with Gasteiger partial charge in [-0.05, 0) is 87.7 Å². The topological polar surface area (TPSA) is 69.4 Å². The van der Waals surface area contributed by atoms with Crippen molar-refractivity contribution in [3.63, 3.8) is 0 Å². The predicted molar refractivity (Wildman–Crippen MR) is 139 cm³/mol. The molecular weight excluding hydrogens is 450 g/mol. The molecule has 1 aromatic heterocycles. The number of hydrogen-bond donors (Lipinski definition) is 0. The van der Waals surface area contributed by atoms with E-state index in [9.17, 15) is 9.59 Å². The first-order valence-corrected chi connectivity index (χ1v) is 13.9. The van der Waals surface area contributed by atoms with E-state index in [2.05, 4.69) is 51.1 Å². The van der Waals surface area contributed by atoms with Gasteiger partial charge >= 0.3 is 5.97 Å². The molecule has 194 valence electrons. The Bertz CT molecular complexity index is 1120. The zero-order chi connectivity index (χ0) is 25.6. The monoisotopic (exact) mass is 491 g/mol. The summed E-state index contributed by atoms with van der Waals surface area (Å²) < 4.78 is 11.2. The third-order valence-corrected chi connectivity index (χ3v) is 8.91. The zero-order valence-electron chi connectivity index (χ0n) is 22.5. The Hall–Kier alpha value is -2.43. The molecule has 0 amide bonds. The molecule has 1 aromatic carbocycles. The van der Waals surface area contributed by atoms with E-state index in [0.29, 0.717) is 31.1 Å². The van der Waals surface area contributed by atoms with Gasteiger partial charge in [0.15, 0.2) is 0 Å². The third-order valence-electron chi connectivity index (χ3n) is 8.91. The van der Waals surface area contributed by atoms with Crippen LogP contribution in [0.2, 0.25) is 0 Å². The van der Waals surface area contributed by atoms with Crippen LogP contribution in [0, 0.1) is 37.5 Å². The predicted octanol–water partition coefficient (Wildman–Crippen LogP) is 6.80. The van der Waals surface area contributed by atoms with Gasteiger partial charge < -0.3 is 9.26 Å². The Kier molecular flexibility index (Phi) is 7.11. The second-order valence-corrected chi connectivity index (χ2v) is 12.3. The first-order valence-electron chi connectivity index (χ1n) is 13.9. The minimum absolute atomic E-state index is 0.0769. The van der Waals surface area contributed by atoms with Crippen molar-refractivity contribution < 1.29 is 18.8 Å². The first kappa shape index (κ1) is 25.2. The fraction of sp³-hybridized carbons (Fsp3) is 0.645. The molecule has 3 aliphatic rings. The fourth-order valence-electron chi connectivity index (χ4n) is 6.89. The molecule has 5 heteroatoms. The van der Waals surface area contributed by atoms with E-state index in [1.54, 1.807) is 0 Å². The normalized spacial score (nSPS) is 27.8. The smallest absolute Gasteiger partial charge is 0.308 e. The lowest BCUT2D eigenvalue weighted by Gasteiger charge is -2.35. The van der Waals surface area contributed by atoms with Crippen molar-refractivity contribution in [1.29, 1.82) is 0 Å². The molecule has 3 aliphatic carbocycles. The minimum Gasteiger partial charge on any atom is -0.469 e. The number of rotatable bonds is 9. The third kappa shape index (κ3) is 5.03. The maximum absolute atomic E-state index is 13.7. The van der Waals surface area contributed by atoms with Crippen LogP contribution in [0.5, 0.6) is 0 Å². The summed E-state index contributed by atoms with van der Waals surface area (Å²) in [7, 11) is 1.44. The van der Waals surface area contributed by atoms with Crippen LogP contribution in [0.1, 0.15) is 110 Å². The van der Waals surface area contributed by atoms with Crippen molar-refractivity contribution in [3.05, 3.63) is 51.9 Å². The van der Waals surface area contributed by atoms with Crippen LogP contribution in [0.15, 0.2) is 22.7 Å². The van der Waals surface area contributed by atoms with Crippen LogP contribution < -0.4 is 0 Å². The number of hydrogen-bond acceptors (Lipinski definition) is 5. The van der Waals surface area contributed by atoms with Gasteiger partial charge in [0.25, 0.3) is 0 Å². The van der Waals surface area contributed by atoms with Crippen LogP contribution in [-0.2, 0) is 20.7 Å². The van der Waals surface area contributed by atoms with Gasteiger partial charge in [-0.15, -0.1) is 0 Å². The highest BCUT2D eigenvalue weighted by atomic mass is 16.5. The quantitative estimate of drug-likeness (QED) is 0.361. The molecule has 0 N–H and O–H groups in total. The lowest BCUT2D eigenvalue weighted by molar-refractivity contribution is -0.145. The van der Waals surface area contributed by atoms with Gasteiger partial charge in [-0.3, -0.25) is 9.59 Å². The number of ether oxygens (including phenoxy) is 1. The van der Waals surface area contributed by atoms with Gasteiger partial charge in [-0.1, -0.05) is 42.8 Å². The van der Waals surface area contributed by atoms with Gasteiger partial charge in [0.1, 0.15) is 11.5 Å². The van der Waals surface area contributed by atoms with Crippen molar-refractivity contribution >= 4 is 11.8 Å².